The van der Waals surface area contributed by atoms with Gasteiger partial charge in [0, 0.05) is 249 Å². The number of piperidine rings is 1. The fourth-order valence-corrected chi connectivity index (χ4v) is 15.2. The molecule has 4 heterocycles. The molecular weight excluding hydrogens is 1880 g/mol. The van der Waals surface area contributed by atoms with Crippen LogP contribution in [0.4, 0.5) is 56.3 Å². The summed E-state index contributed by atoms with van der Waals surface area (Å²) in [5.41, 5.74) is 14.3. The minimum atomic E-state index is -0.202. The van der Waals surface area contributed by atoms with Gasteiger partial charge in [-0.1, -0.05) is 86.7 Å². The number of aromatic nitrogens is 2. The lowest BCUT2D eigenvalue weighted by Crippen LogP contribution is -2.45. The maximum absolute atomic E-state index is 12.4. The van der Waals surface area contributed by atoms with Crippen LogP contribution in [0.2, 0.25) is 0 Å². The Bertz CT molecular complexity index is 5640. The molecule has 10 aromatic rings. The molecule has 17 N–H and O–H groups in total. The lowest BCUT2D eigenvalue weighted by molar-refractivity contribution is 0.0169. The highest BCUT2D eigenvalue weighted by Gasteiger charge is 2.28. The van der Waals surface area contributed by atoms with E-state index in [4.69, 9.17) is 19.7 Å². The van der Waals surface area contributed by atoms with Crippen LogP contribution in [-0.4, -0.2) is 284 Å². The average Bonchev–Trinajstić information content (AvgIpc) is 1.08. The molecule has 9 amide bonds. The van der Waals surface area contributed by atoms with Gasteiger partial charge in [-0.3, -0.25) is 48.5 Å². The first-order valence-electron chi connectivity index (χ1n) is 50.0. The SMILES string of the molecule is CCN(CC)C(=O)c1cccc(NC)c1.CCN(CCO)C(=O)c1cccc(NC)c1.CNc1cccc(C(=O)N(C)CCO)c1.CNc1cccc(C(=O)N2CCCCC2CO)c1.CNc1cccc(C(=O)NC(C)(C)C)c1.CNc1cccc(C(=O)NCC(C)(C)C)c1.CNc1cccc(C(=O)NCC2CCCCO2)c1.CNc1cccc(C(=O)NC[C@@H]2CCCO2)c1.CNc1cccc(C(=O)Nc2nnc(C)s2)c1. The smallest absolute Gasteiger partial charge is 0.257 e. The Morgan fingerprint density at radius 2 is 0.714 bits per heavy atom. The third-order valence-corrected chi connectivity index (χ3v) is 23.7. The normalized spacial score (nSPS) is 13.5. The van der Waals surface area contributed by atoms with E-state index in [1.54, 1.807) is 54.2 Å². The van der Waals surface area contributed by atoms with Gasteiger partial charge in [-0.15, -0.1) is 10.2 Å². The average molecular weight is 2040 g/mol. The van der Waals surface area contributed by atoms with Crippen LogP contribution in [0.5, 0.6) is 0 Å². The standard InChI is InChI=1S/2C14H20N2O2.C13H18N2O2.C13H20N2O.C12H18N2O2.2C12H18N2O.C11H12N4OS.C11H16N2O2/c1-15-12-6-4-5-11(9-12)14(17)16-10-13-7-2-3-8-18-13;1-15-12-6-4-5-11(9-12)14(18)16-8-3-2-7-13(16)10-17;1-14-11-5-2-4-10(8-11)13(16)15-9-12-6-3-7-17-12;1-13(2,3)9-15-12(16)10-6-5-7-11(8-10)14-4;1-3-14(7-8-15)12(16)10-5-4-6-11(9-10)13-2;1-12(2,3)14-11(15)9-6-5-7-10(8-9)13-4;1-4-14(5-2)12(15)10-7-6-8-11(9-10)13-3;1-7-14-15-11(17-7)13-10(16)8-4-3-5-9(6-8)12-2;1-12-10-5-3-4-9(8-10)11(15)13(2)6-7-14/h4-6,9,13,15H,2-3,7-8,10H2,1H3,(H,16,17);4-6,9,13,15,17H,2-3,7-8,10H2,1H3;2,4-5,8,12,14H,3,6-7,9H2,1H3,(H,15,16);5-8,14H,9H2,1-4H3,(H,15,16);4-6,9,13,15H,3,7-8H2,1-2H3;5-8,13H,1-4H3,(H,14,15);6-9,13H,4-5H2,1-3H3;3-6,12H,1-2H3,(H,13,15,16);3-5,8,12,14H,6-7H2,1-2H3/t;;12-;;;;;;/m..0....../s1. The molecule has 3 aliphatic rings. The zero-order chi connectivity index (χ0) is 108. The number of nitrogens with one attached hydrogen (secondary N) is 14. The van der Waals surface area contributed by atoms with Crippen molar-refractivity contribution in [2.24, 2.45) is 5.41 Å². The van der Waals surface area contributed by atoms with Crippen LogP contribution in [0, 0.1) is 12.3 Å². The molecular formula is C112H160N20O14S. The first-order valence-corrected chi connectivity index (χ1v) is 50.8. The number of aryl methyl sites for hydroxylation is 1. The zero-order valence-electron chi connectivity index (χ0n) is 89.5. The van der Waals surface area contributed by atoms with Crippen LogP contribution in [0.3, 0.4) is 0 Å². The third-order valence-electron chi connectivity index (χ3n) is 22.9. The topological polar surface area (TPSA) is 440 Å². The highest BCUT2D eigenvalue weighted by atomic mass is 32.1. The fraction of sp³-hybridized carbons (Fsp3) is 0.420. The fourth-order valence-electron chi connectivity index (χ4n) is 14.6. The van der Waals surface area contributed by atoms with E-state index in [-0.39, 0.29) is 102 Å². The van der Waals surface area contributed by atoms with Crippen molar-refractivity contribution >= 4 is 121 Å². The van der Waals surface area contributed by atoms with Gasteiger partial charge < -0.3 is 114 Å². The Balaban J connectivity index is 0.000000291. The number of likely N-dealkylation sites (tertiary alicyclic amines) is 1. The number of benzene rings is 9. The molecule has 34 nitrogen and oxygen atoms in total. The Hall–Kier alpha value is -14.2. The quantitative estimate of drug-likeness (QED) is 0.0186. The predicted octanol–water partition coefficient (Wildman–Crippen LogP) is 16.5. The molecule has 0 aliphatic carbocycles. The van der Waals surface area contributed by atoms with Gasteiger partial charge in [-0.05, 0) is 269 Å². The summed E-state index contributed by atoms with van der Waals surface area (Å²) in [4.78, 5) is 114. The lowest BCUT2D eigenvalue weighted by atomic mass is 9.97. The molecule has 0 spiro atoms. The number of likely N-dealkylation sites (N-methyl/N-ethyl adjacent to an activating group) is 2. The monoisotopic (exact) mass is 2040 g/mol. The van der Waals surface area contributed by atoms with E-state index in [0.717, 1.165) is 140 Å². The Labute approximate surface area is 873 Å². The van der Waals surface area contributed by atoms with Crippen molar-refractivity contribution < 1.29 is 67.9 Å². The lowest BCUT2D eigenvalue weighted by Gasteiger charge is -2.34. The number of ether oxygens (including phenoxy) is 2. The molecule has 1 aromatic heterocycles. The van der Waals surface area contributed by atoms with Gasteiger partial charge >= 0.3 is 0 Å². The van der Waals surface area contributed by atoms with Crippen molar-refractivity contribution in [1.29, 1.82) is 0 Å². The van der Waals surface area contributed by atoms with Crippen molar-refractivity contribution in [2.75, 3.05) is 216 Å². The summed E-state index contributed by atoms with van der Waals surface area (Å²) in [6, 6.07) is 66.7. The van der Waals surface area contributed by atoms with Crippen molar-refractivity contribution in [3.05, 3.63) is 273 Å². The zero-order valence-corrected chi connectivity index (χ0v) is 90.3. The van der Waals surface area contributed by atoms with E-state index in [0.29, 0.717) is 88.9 Å². The largest absolute Gasteiger partial charge is 0.395 e. The molecule has 0 saturated carbocycles. The summed E-state index contributed by atoms with van der Waals surface area (Å²) < 4.78 is 11.0. The van der Waals surface area contributed by atoms with E-state index < -0.39 is 0 Å². The molecule has 35 heteroatoms. The first kappa shape index (κ1) is 123. The van der Waals surface area contributed by atoms with Crippen LogP contribution >= 0.6 is 11.3 Å². The van der Waals surface area contributed by atoms with Crippen molar-refractivity contribution in [2.45, 2.75) is 144 Å². The highest BCUT2D eigenvalue weighted by molar-refractivity contribution is 7.15. The summed E-state index contributed by atoms with van der Waals surface area (Å²) in [6.45, 7) is 27.0. The van der Waals surface area contributed by atoms with Gasteiger partial charge in [0.2, 0.25) is 5.13 Å². The molecule has 2 unspecified atom stereocenters. The molecule has 0 radical (unpaired) electrons. The second kappa shape index (κ2) is 67.5. The summed E-state index contributed by atoms with van der Waals surface area (Å²) in [6.07, 6.45) is 8.86. The number of hydrogen-bond donors (Lipinski definition) is 17. The van der Waals surface area contributed by atoms with E-state index in [1.807, 2.05) is 298 Å². The molecule has 3 atom stereocenters. The van der Waals surface area contributed by atoms with E-state index >= 15 is 0 Å². The predicted molar refractivity (Wildman–Crippen MR) is 598 cm³/mol. The van der Waals surface area contributed by atoms with Gasteiger partial charge in [0.1, 0.15) is 5.01 Å². The molecule has 3 fully saturated rings. The number of carbonyl (C=O) groups excluding carboxylic acids is 9. The van der Waals surface area contributed by atoms with Gasteiger partial charge in [0.15, 0.2) is 0 Å². The molecule has 3 saturated heterocycles. The Kier molecular flexibility index (Phi) is 56.6. The van der Waals surface area contributed by atoms with Crippen LogP contribution in [0.1, 0.15) is 212 Å². The number of hydrogen-bond acceptors (Lipinski definition) is 26. The van der Waals surface area contributed by atoms with E-state index in [1.165, 1.54) is 22.7 Å². The number of carbonyl (C=O) groups is 9. The maximum atomic E-state index is 12.4. The minimum Gasteiger partial charge on any atom is -0.395 e. The number of aliphatic hydroxyl groups excluding tert-OH is 3. The van der Waals surface area contributed by atoms with Crippen molar-refractivity contribution in [1.82, 2.24) is 51.1 Å². The molecule has 798 valence electrons. The third kappa shape index (κ3) is 45.9. The van der Waals surface area contributed by atoms with Gasteiger partial charge in [0.05, 0.1) is 38.1 Å². The summed E-state index contributed by atoms with van der Waals surface area (Å²) in [7, 11) is 18.1. The van der Waals surface area contributed by atoms with Crippen molar-refractivity contribution in [3.63, 3.8) is 0 Å². The molecule has 9 aromatic carbocycles. The number of nitrogens with zero attached hydrogens (tertiary/aromatic N) is 6. The number of anilines is 10. The van der Waals surface area contributed by atoms with Crippen molar-refractivity contribution in [3.8, 4) is 0 Å². The Morgan fingerprint density at radius 3 is 1.05 bits per heavy atom. The molecule has 13 rings (SSSR count). The number of aliphatic hydroxyl groups is 3. The second-order valence-corrected chi connectivity index (χ2v) is 37.6. The van der Waals surface area contributed by atoms with Gasteiger partial charge in [-0.25, -0.2) is 0 Å². The number of rotatable bonds is 32. The first-order chi connectivity index (χ1) is 70.5. The minimum absolute atomic E-state index is 0.00863. The van der Waals surface area contributed by atoms with E-state index in [2.05, 4.69) is 105 Å². The molecule has 3 aliphatic heterocycles. The maximum Gasteiger partial charge on any atom is 0.257 e. The summed E-state index contributed by atoms with van der Waals surface area (Å²) in [5.74, 6) is -0.346. The van der Waals surface area contributed by atoms with Gasteiger partial charge in [0.25, 0.3) is 53.2 Å². The van der Waals surface area contributed by atoms with Crippen LogP contribution < -0.4 is 74.4 Å². The Morgan fingerprint density at radius 1 is 0.388 bits per heavy atom. The molecule has 147 heavy (non-hydrogen) atoms. The van der Waals surface area contributed by atoms with Crippen LogP contribution in [-0.2, 0) is 9.47 Å². The van der Waals surface area contributed by atoms with Gasteiger partial charge in [-0.2, -0.15) is 0 Å². The number of amides is 9. The highest BCUT2D eigenvalue weighted by Crippen LogP contribution is 2.25. The second-order valence-electron chi connectivity index (χ2n) is 36.4. The van der Waals surface area contributed by atoms with Crippen LogP contribution in [0.15, 0.2) is 218 Å². The van der Waals surface area contributed by atoms with E-state index in [9.17, 15) is 48.3 Å². The summed E-state index contributed by atoms with van der Waals surface area (Å²) >= 11 is 1.35. The molecule has 0 bridgehead atoms. The van der Waals surface area contributed by atoms with Crippen LogP contribution in [0.25, 0.3) is 0 Å². The summed E-state index contributed by atoms with van der Waals surface area (Å²) in [5, 5.41) is 77.4.